The van der Waals surface area contributed by atoms with E-state index < -0.39 is 6.10 Å². The van der Waals surface area contributed by atoms with Crippen LogP contribution >= 0.6 is 15.9 Å². The maximum atomic E-state index is 11.8. The third kappa shape index (κ3) is 4.13. The Morgan fingerprint density at radius 1 is 1.42 bits per heavy atom. The fraction of sp³-hybridized carbons (Fsp3) is 0.214. The maximum Gasteiger partial charge on any atom is 0.261 e. The molecule has 0 spiro atoms. The van der Waals surface area contributed by atoms with Gasteiger partial charge in [0.15, 0.2) is 6.10 Å². The van der Waals surface area contributed by atoms with Crippen molar-refractivity contribution in [2.45, 2.75) is 19.6 Å². The smallest absolute Gasteiger partial charge is 0.261 e. The first-order valence-electron chi connectivity index (χ1n) is 5.87. The average molecular weight is 324 g/mol. The third-order valence-electron chi connectivity index (χ3n) is 2.50. The van der Waals surface area contributed by atoms with Crippen molar-refractivity contribution in [2.75, 3.05) is 0 Å². The number of hydrogen-bond donors (Lipinski definition) is 1. The van der Waals surface area contributed by atoms with Crippen molar-refractivity contribution in [3.8, 4) is 5.75 Å². The second-order valence-electron chi connectivity index (χ2n) is 4.01. The predicted molar refractivity (Wildman–Crippen MR) is 74.8 cm³/mol. The normalized spacial score (nSPS) is 11.9. The molecule has 0 saturated heterocycles. The van der Waals surface area contributed by atoms with Crippen LogP contribution in [0.3, 0.4) is 0 Å². The van der Waals surface area contributed by atoms with E-state index >= 15 is 0 Å². The van der Waals surface area contributed by atoms with Crippen molar-refractivity contribution in [1.29, 1.82) is 0 Å². The van der Waals surface area contributed by atoms with E-state index in [9.17, 15) is 4.79 Å². The molecule has 100 valence electrons. The van der Waals surface area contributed by atoms with Crippen LogP contribution in [0.1, 0.15) is 12.7 Å². The Labute approximate surface area is 119 Å². The highest BCUT2D eigenvalue weighted by Crippen LogP contribution is 2.18. The van der Waals surface area contributed by atoms with E-state index in [-0.39, 0.29) is 5.91 Å². The van der Waals surface area contributed by atoms with Gasteiger partial charge in [0, 0.05) is 4.47 Å². The molecule has 5 heteroatoms. The van der Waals surface area contributed by atoms with Crippen LogP contribution in [0.5, 0.6) is 5.75 Å². The Morgan fingerprint density at radius 3 is 2.95 bits per heavy atom. The van der Waals surface area contributed by atoms with Crippen LogP contribution in [0.15, 0.2) is 51.6 Å². The molecule has 0 fully saturated rings. The molecule has 0 bridgehead atoms. The Kier molecular flexibility index (Phi) is 4.63. The molecule has 1 heterocycles. The molecule has 4 nitrogen and oxygen atoms in total. The van der Waals surface area contributed by atoms with E-state index in [4.69, 9.17) is 9.15 Å². The number of rotatable bonds is 5. The Hall–Kier alpha value is -1.75. The van der Waals surface area contributed by atoms with E-state index in [1.165, 1.54) is 0 Å². The number of nitrogens with one attached hydrogen (secondary N) is 1. The van der Waals surface area contributed by atoms with Gasteiger partial charge in [-0.05, 0) is 37.3 Å². The van der Waals surface area contributed by atoms with Gasteiger partial charge < -0.3 is 14.5 Å². The van der Waals surface area contributed by atoms with Gasteiger partial charge in [-0.25, -0.2) is 0 Å². The summed E-state index contributed by atoms with van der Waals surface area (Å²) in [5.41, 5.74) is 0. The first-order chi connectivity index (χ1) is 9.15. The minimum atomic E-state index is -0.565. The average Bonchev–Trinajstić information content (AvgIpc) is 2.89. The van der Waals surface area contributed by atoms with Crippen molar-refractivity contribution in [2.24, 2.45) is 0 Å². The summed E-state index contributed by atoms with van der Waals surface area (Å²) in [6.07, 6.45) is 1.01. The SMILES string of the molecule is C[C@@H](Oc1cccc(Br)c1)C(=O)NCc1ccco1. The van der Waals surface area contributed by atoms with Crippen LogP contribution in [0, 0.1) is 0 Å². The van der Waals surface area contributed by atoms with Gasteiger partial charge in [0.25, 0.3) is 5.91 Å². The Morgan fingerprint density at radius 2 is 2.26 bits per heavy atom. The number of ether oxygens (including phenoxy) is 1. The summed E-state index contributed by atoms with van der Waals surface area (Å²) >= 11 is 3.35. The van der Waals surface area contributed by atoms with Gasteiger partial charge in [0.2, 0.25) is 0 Å². The molecule has 0 saturated carbocycles. The van der Waals surface area contributed by atoms with Gasteiger partial charge in [-0.3, -0.25) is 4.79 Å². The van der Waals surface area contributed by atoms with E-state index in [1.54, 1.807) is 31.4 Å². The van der Waals surface area contributed by atoms with Gasteiger partial charge >= 0.3 is 0 Å². The molecule has 0 aliphatic carbocycles. The molecular formula is C14H14BrNO3. The highest BCUT2D eigenvalue weighted by Gasteiger charge is 2.14. The Balaban J connectivity index is 1.85. The number of amides is 1. The lowest BCUT2D eigenvalue weighted by Crippen LogP contribution is -2.35. The number of carbonyl (C=O) groups excluding carboxylic acids is 1. The third-order valence-corrected chi connectivity index (χ3v) is 2.99. The highest BCUT2D eigenvalue weighted by atomic mass is 79.9. The number of benzene rings is 1. The molecular weight excluding hydrogens is 310 g/mol. The first-order valence-corrected chi connectivity index (χ1v) is 6.67. The predicted octanol–water partition coefficient (Wildman–Crippen LogP) is 3.13. The fourth-order valence-electron chi connectivity index (χ4n) is 1.53. The first kappa shape index (κ1) is 13.7. The number of hydrogen-bond acceptors (Lipinski definition) is 3. The summed E-state index contributed by atoms with van der Waals surface area (Å²) in [6, 6.07) is 11.0. The molecule has 19 heavy (non-hydrogen) atoms. The molecule has 0 unspecified atom stereocenters. The van der Waals surface area contributed by atoms with E-state index in [1.807, 2.05) is 18.2 Å². The van der Waals surface area contributed by atoms with E-state index in [0.717, 1.165) is 4.47 Å². The van der Waals surface area contributed by atoms with Crippen LogP contribution in [0.2, 0.25) is 0 Å². The van der Waals surface area contributed by atoms with E-state index in [0.29, 0.717) is 18.1 Å². The summed E-state index contributed by atoms with van der Waals surface area (Å²) in [4.78, 5) is 11.8. The van der Waals surface area contributed by atoms with Crippen molar-refractivity contribution < 1.29 is 13.9 Å². The lowest BCUT2D eigenvalue weighted by Gasteiger charge is -2.14. The lowest BCUT2D eigenvalue weighted by atomic mass is 10.3. The summed E-state index contributed by atoms with van der Waals surface area (Å²) in [5, 5.41) is 2.75. The molecule has 1 atom stereocenters. The van der Waals surface area contributed by atoms with Crippen LogP contribution in [-0.2, 0) is 11.3 Å². The zero-order valence-corrected chi connectivity index (χ0v) is 12.0. The summed E-state index contributed by atoms with van der Waals surface area (Å²) < 4.78 is 11.6. The molecule has 0 aliphatic heterocycles. The minimum absolute atomic E-state index is 0.184. The molecule has 1 aromatic carbocycles. The molecule has 0 radical (unpaired) electrons. The van der Waals surface area contributed by atoms with Crippen LogP contribution in [0.4, 0.5) is 0 Å². The number of halogens is 1. The van der Waals surface area contributed by atoms with Crippen LogP contribution in [0.25, 0.3) is 0 Å². The monoisotopic (exact) mass is 323 g/mol. The molecule has 1 N–H and O–H groups in total. The topological polar surface area (TPSA) is 51.5 Å². The standard InChI is InChI=1S/C14H14BrNO3/c1-10(19-12-5-2-4-11(15)8-12)14(17)16-9-13-6-3-7-18-13/h2-8,10H,9H2,1H3,(H,16,17)/t10-/m1/s1. The van der Waals surface area contributed by atoms with Crippen molar-refractivity contribution in [3.05, 3.63) is 52.9 Å². The lowest BCUT2D eigenvalue weighted by molar-refractivity contribution is -0.127. The van der Waals surface area contributed by atoms with Crippen molar-refractivity contribution in [1.82, 2.24) is 5.32 Å². The highest BCUT2D eigenvalue weighted by molar-refractivity contribution is 9.10. The van der Waals surface area contributed by atoms with Gasteiger partial charge in [-0.15, -0.1) is 0 Å². The second-order valence-corrected chi connectivity index (χ2v) is 4.93. The molecule has 2 aromatic rings. The minimum Gasteiger partial charge on any atom is -0.481 e. The second kappa shape index (κ2) is 6.43. The molecule has 1 aromatic heterocycles. The van der Waals surface area contributed by atoms with Gasteiger partial charge in [-0.2, -0.15) is 0 Å². The largest absolute Gasteiger partial charge is 0.481 e. The molecule has 0 aliphatic rings. The number of furan rings is 1. The summed E-state index contributed by atoms with van der Waals surface area (Å²) in [5.74, 6) is 1.18. The van der Waals surface area contributed by atoms with Crippen molar-refractivity contribution >= 4 is 21.8 Å². The zero-order chi connectivity index (χ0) is 13.7. The number of carbonyl (C=O) groups is 1. The Bertz CT molecular complexity index is 539. The zero-order valence-electron chi connectivity index (χ0n) is 10.4. The van der Waals surface area contributed by atoms with Crippen molar-refractivity contribution in [3.63, 3.8) is 0 Å². The summed E-state index contributed by atoms with van der Waals surface area (Å²) in [6.45, 7) is 2.07. The van der Waals surface area contributed by atoms with Gasteiger partial charge in [0.1, 0.15) is 11.5 Å². The maximum absolute atomic E-state index is 11.8. The summed E-state index contributed by atoms with van der Waals surface area (Å²) in [7, 11) is 0. The van der Waals surface area contributed by atoms with Crippen LogP contribution < -0.4 is 10.1 Å². The molecule has 2 rings (SSSR count). The fourth-order valence-corrected chi connectivity index (χ4v) is 1.91. The van der Waals surface area contributed by atoms with Crippen LogP contribution in [-0.4, -0.2) is 12.0 Å². The quantitative estimate of drug-likeness (QED) is 0.919. The molecule has 1 amide bonds. The van der Waals surface area contributed by atoms with Gasteiger partial charge in [-0.1, -0.05) is 22.0 Å². The van der Waals surface area contributed by atoms with Gasteiger partial charge in [0.05, 0.1) is 12.8 Å². The van der Waals surface area contributed by atoms with E-state index in [2.05, 4.69) is 21.2 Å².